The molecule has 0 atom stereocenters. The van der Waals surface area contributed by atoms with Gasteiger partial charge in [0.25, 0.3) is 0 Å². The minimum absolute atomic E-state index is 0.0205. The third kappa shape index (κ3) is 3.84. The molecule has 0 radical (unpaired) electrons. The van der Waals surface area contributed by atoms with Crippen LogP contribution in [0, 0.1) is 5.82 Å². The van der Waals surface area contributed by atoms with Gasteiger partial charge in [-0.25, -0.2) is 4.39 Å². The molecule has 0 saturated carbocycles. The molecule has 0 aliphatic carbocycles. The van der Waals surface area contributed by atoms with Gasteiger partial charge in [-0.2, -0.15) is 0 Å². The second-order valence-electron chi connectivity index (χ2n) is 4.29. The first-order valence-corrected chi connectivity index (χ1v) is 7.66. The average molecular weight is 309 g/mol. The quantitative estimate of drug-likeness (QED) is 0.570. The monoisotopic (exact) mass is 308 g/mol. The highest BCUT2D eigenvalue weighted by atomic mass is 35.5. The average Bonchev–Trinajstić information content (AvgIpc) is 2.44. The summed E-state index contributed by atoms with van der Waals surface area (Å²) in [6.45, 7) is 2.08. The Morgan fingerprint density at radius 3 is 2.55 bits per heavy atom. The third-order valence-electron chi connectivity index (χ3n) is 2.85. The number of hydrogen-bond donors (Lipinski definition) is 0. The fourth-order valence-corrected chi connectivity index (χ4v) is 2.71. The maximum absolute atomic E-state index is 13.6. The lowest BCUT2D eigenvalue weighted by molar-refractivity contribution is 0.0992. The first kappa shape index (κ1) is 15.1. The van der Waals surface area contributed by atoms with Crippen LogP contribution in [0.15, 0.2) is 47.4 Å². The second kappa shape index (κ2) is 6.91. The highest BCUT2D eigenvalue weighted by Gasteiger charge is 2.11. The lowest BCUT2D eigenvalue weighted by Crippen LogP contribution is -2.05. The molecule has 2 rings (SSSR count). The summed E-state index contributed by atoms with van der Waals surface area (Å²) in [5.41, 5.74) is 0.916. The van der Waals surface area contributed by atoms with Crippen molar-refractivity contribution >= 4 is 29.1 Å². The SMILES string of the molecule is CCSc1ccc(C(=O)Cc2cc(Cl)ccc2F)cc1. The van der Waals surface area contributed by atoms with Gasteiger partial charge in [0.1, 0.15) is 5.82 Å². The maximum Gasteiger partial charge on any atom is 0.167 e. The highest BCUT2D eigenvalue weighted by Crippen LogP contribution is 2.20. The van der Waals surface area contributed by atoms with Gasteiger partial charge >= 0.3 is 0 Å². The van der Waals surface area contributed by atoms with Gasteiger partial charge in [-0.05, 0) is 41.6 Å². The van der Waals surface area contributed by atoms with Crippen LogP contribution in [-0.4, -0.2) is 11.5 Å². The molecular weight excluding hydrogens is 295 g/mol. The number of thioether (sulfide) groups is 1. The molecule has 4 heteroatoms. The summed E-state index contributed by atoms with van der Waals surface area (Å²) in [4.78, 5) is 13.3. The second-order valence-corrected chi connectivity index (χ2v) is 6.07. The molecule has 0 aliphatic heterocycles. The minimum atomic E-state index is -0.402. The number of carbonyl (C=O) groups is 1. The Morgan fingerprint density at radius 1 is 1.20 bits per heavy atom. The summed E-state index contributed by atoms with van der Waals surface area (Å²) in [5, 5.41) is 0.434. The molecular formula is C16H14ClFOS. The smallest absolute Gasteiger partial charge is 0.167 e. The molecule has 0 fully saturated rings. The molecule has 0 amide bonds. The number of halogens is 2. The molecule has 0 N–H and O–H groups in total. The van der Waals surface area contributed by atoms with E-state index in [1.807, 2.05) is 12.1 Å². The molecule has 104 valence electrons. The Bertz CT molecular complexity index is 610. The molecule has 0 saturated heterocycles. The minimum Gasteiger partial charge on any atom is -0.294 e. The first-order valence-electron chi connectivity index (χ1n) is 6.30. The lowest BCUT2D eigenvalue weighted by atomic mass is 10.0. The first-order chi connectivity index (χ1) is 9.60. The van der Waals surface area contributed by atoms with Crippen molar-refractivity contribution in [3.8, 4) is 0 Å². The number of carbonyl (C=O) groups excluding carboxylic acids is 1. The van der Waals surface area contributed by atoms with Crippen LogP contribution in [-0.2, 0) is 6.42 Å². The van der Waals surface area contributed by atoms with Crippen LogP contribution < -0.4 is 0 Å². The van der Waals surface area contributed by atoms with E-state index in [1.165, 1.54) is 18.2 Å². The molecule has 0 aromatic heterocycles. The molecule has 2 aromatic rings. The van der Waals surface area contributed by atoms with Gasteiger partial charge in [0.05, 0.1) is 0 Å². The van der Waals surface area contributed by atoms with E-state index >= 15 is 0 Å². The molecule has 0 aliphatic rings. The largest absolute Gasteiger partial charge is 0.294 e. The zero-order valence-electron chi connectivity index (χ0n) is 11.0. The predicted octanol–water partition coefficient (Wildman–Crippen LogP) is 5.02. The van der Waals surface area contributed by atoms with E-state index in [0.29, 0.717) is 16.1 Å². The van der Waals surface area contributed by atoms with E-state index in [0.717, 1.165) is 10.6 Å². The Kier molecular flexibility index (Phi) is 5.21. The van der Waals surface area contributed by atoms with Crippen molar-refractivity contribution in [3.05, 3.63) is 64.4 Å². The van der Waals surface area contributed by atoms with Crippen LogP contribution in [0.3, 0.4) is 0 Å². The van der Waals surface area contributed by atoms with E-state index < -0.39 is 5.82 Å². The fourth-order valence-electron chi connectivity index (χ4n) is 1.86. The molecule has 2 aromatic carbocycles. The van der Waals surface area contributed by atoms with Crippen LogP contribution in [0.5, 0.6) is 0 Å². The predicted molar refractivity (Wildman–Crippen MR) is 82.3 cm³/mol. The van der Waals surface area contributed by atoms with Crippen LogP contribution in [0.2, 0.25) is 5.02 Å². The van der Waals surface area contributed by atoms with Crippen molar-refractivity contribution in [2.75, 3.05) is 5.75 Å². The van der Waals surface area contributed by atoms with Crippen molar-refractivity contribution in [2.45, 2.75) is 18.2 Å². The lowest BCUT2D eigenvalue weighted by Gasteiger charge is -2.05. The summed E-state index contributed by atoms with van der Waals surface area (Å²) in [7, 11) is 0. The van der Waals surface area contributed by atoms with Gasteiger partial charge in [0.15, 0.2) is 5.78 Å². The number of ketones is 1. The zero-order chi connectivity index (χ0) is 14.5. The van der Waals surface area contributed by atoms with Gasteiger partial charge in [0.2, 0.25) is 0 Å². The van der Waals surface area contributed by atoms with Gasteiger partial charge in [-0.3, -0.25) is 4.79 Å². The van der Waals surface area contributed by atoms with Gasteiger partial charge in [-0.1, -0.05) is 30.7 Å². The summed E-state index contributed by atoms with van der Waals surface area (Å²) < 4.78 is 13.6. The molecule has 1 nitrogen and oxygen atoms in total. The Labute approximate surface area is 127 Å². The van der Waals surface area contributed by atoms with E-state index in [-0.39, 0.29) is 12.2 Å². The van der Waals surface area contributed by atoms with Crippen molar-refractivity contribution < 1.29 is 9.18 Å². The maximum atomic E-state index is 13.6. The normalized spacial score (nSPS) is 10.6. The summed E-state index contributed by atoms with van der Waals surface area (Å²) in [5.74, 6) is 0.473. The zero-order valence-corrected chi connectivity index (χ0v) is 12.6. The van der Waals surface area contributed by atoms with Crippen molar-refractivity contribution in [2.24, 2.45) is 0 Å². The number of hydrogen-bond acceptors (Lipinski definition) is 2. The van der Waals surface area contributed by atoms with Crippen molar-refractivity contribution in [1.29, 1.82) is 0 Å². The van der Waals surface area contributed by atoms with Gasteiger partial charge < -0.3 is 0 Å². The summed E-state index contributed by atoms with van der Waals surface area (Å²) >= 11 is 7.54. The van der Waals surface area contributed by atoms with Crippen molar-refractivity contribution in [1.82, 2.24) is 0 Å². The topological polar surface area (TPSA) is 17.1 Å². The standard InChI is InChI=1S/C16H14ClFOS/c1-2-20-14-6-3-11(4-7-14)16(19)10-12-9-13(17)5-8-15(12)18/h3-9H,2,10H2,1H3. The Balaban J connectivity index is 2.13. The third-order valence-corrected chi connectivity index (χ3v) is 3.98. The molecule has 0 unspecified atom stereocenters. The Hall–Kier alpha value is -1.32. The highest BCUT2D eigenvalue weighted by molar-refractivity contribution is 7.99. The van der Waals surface area contributed by atoms with Gasteiger partial charge in [0, 0.05) is 21.9 Å². The Morgan fingerprint density at radius 2 is 1.90 bits per heavy atom. The summed E-state index contributed by atoms with van der Waals surface area (Å²) in [6.07, 6.45) is 0.0205. The summed E-state index contributed by atoms with van der Waals surface area (Å²) in [6, 6.07) is 11.6. The van der Waals surface area contributed by atoms with E-state index in [9.17, 15) is 9.18 Å². The number of Topliss-reactive ketones (excluding diaryl/α,β-unsaturated/α-hetero) is 1. The molecule has 0 bridgehead atoms. The van der Waals surface area contributed by atoms with Crippen LogP contribution >= 0.6 is 23.4 Å². The molecule has 0 spiro atoms. The molecule has 0 heterocycles. The number of benzene rings is 2. The van der Waals surface area contributed by atoms with E-state index in [2.05, 4.69) is 6.92 Å². The van der Waals surface area contributed by atoms with Crippen LogP contribution in [0.4, 0.5) is 4.39 Å². The van der Waals surface area contributed by atoms with E-state index in [4.69, 9.17) is 11.6 Å². The van der Waals surface area contributed by atoms with Crippen LogP contribution in [0.1, 0.15) is 22.8 Å². The number of rotatable bonds is 5. The van der Waals surface area contributed by atoms with Crippen molar-refractivity contribution in [3.63, 3.8) is 0 Å². The van der Waals surface area contributed by atoms with Gasteiger partial charge in [-0.15, -0.1) is 11.8 Å². The molecule has 20 heavy (non-hydrogen) atoms. The van der Waals surface area contributed by atoms with E-state index in [1.54, 1.807) is 23.9 Å². The fraction of sp³-hybridized carbons (Fsp3) is 0.188. The van der Waals surface area contributed by atoms with Crippen LogP contribution in [0.25, 0.3) is 0 Å².